The van der Waals surface area contributed by atoms with Crippen LogP contribution in [0.15, 0.2) is 43.1 Å². The first-order chi connectivity index (χ1) is 15.2. The van der Waals surface area contributed by atoms with E-state index < -0.39 is 0 Å². The van der Waals surface area contributed by atoms with Crippen molar-refractivity contribution < 1.29 is 9.53 Å². The van der Waals surface area contributed by atoms with E-state index in [1.54, 1.807) is 36.4 Å². The van der Waals surface area contributed by atoms with Gasteiger partial charge in [-0.2, -0.15) is 10.2 Å². The van der Waals surface area contributed by atoms with E-state index in [1.807, 2.05) is 25.4 Å². The van der Waals surface area contributed by atoms with Gasteiger partial charge in [0.05, 0.1) is 41.6 Å². The Morgan fingerprint density at radius 2 is 2.06 bits per heavy atom. The monoisotopic (exact) mass is 419 g/mol. The van der Waals surface area contributed by atoms with E-state index in [1.165, 1.54) is 0 Å². The number of nitrogens with zero attached hydrogens (tertiary/aromatic N) is 5. The molecule has 0 saturated heterocycles. The fourth-order valence-electron chi connectivity index (χ4n) is 4.37. The number of nitrogens with one attached hydrogen (secondary N) is 2. The van der Waals surface area contributed by atoms with Crippen molar-refractivity contribution in [1.82, 2.24) is 29.7 Å². The topological polar surface area (TPSA) is 98.4 Å². The number of carbonyl (C=O) groups is 1. The first kappa shape index (κ1) is 19.5. The number of methoxy groups -OCH3 is 1. The lowest BCUT2D eigenvalue weighted by atomic mass is 9.91. The second-order valence-electron chi connectivity index (χ2n) is 7.94. The summed E-state index contributed by atoms with van der Waals surface area (Å²) in [5, 5.41) is 16.2. The zero-order valence-electron chi connectivity index (χ0n) is 17.6. The maximum absolute atomic E-state index is 13.1. The van der Waals surface area contributed by atoms with Crippen molar-refractivity contribution in [1.29, 1.82) is 0 Å². The molecule has 1 amide bonds. The van der Waals surface area contributed by atoms with Gasteiger partial charge in [-0.15, -0.1) is 0 Å². The molecule has 0 unspecified atom stereocenters. The molecule has 1 aromatic carbocycles. The van der Waals surface area contributed by atoms with Crippen LogP contribution < -0.4 is 15.4 Å². The van der Waals surface area contributed by atoms with Gasteiger partial charge in [-0.05, 0) is 44.9 Å². The van der Waals surface area contributed by atoms with Crippen LogP contribution >= 0.6 is 0 Å². The molecule has 1 fully saturated rings. The fraction of sp³-hybridized carbons (Fsp3) is 0.364. The third-order valence-electron chi connectivity index (χ3n) is 6.14. The average Bonchev–Trinajstić information content (AvgIpc) is 3.42. The van der Waals surface area contributed by atoms with Crippen molar-refractivity contribution in [3.63, 3.8) is 0 Å². The average molecular weight is 419 g/mol. The molecular formula is C22H25N7O2. The Bertz CT molecular complexity index is 1240. The van der Waals surface area contributed by atoms with Gasteiger partial charge in [0.15, 0.2) is 0 Å². The molecule has 1 aliphatic carbocycles. The minimum Gasteiger partial charge on any atom is -0.496 e. The van der Waals surface area contributed by atoms with Gasteiger partial charge in [0.1, 0.15) is 12.1 Å². The van der Waals surface area contributed by atoms with Crippen molar-refractivity contribution in [3.05, 3.63) is 48.7 Å². The molecule has 31 heavy (non-hydrogen) atoms. The highest BCUT2D eigenvalue weighted by Gasteiger charge is 2.23. The maximum Gasteiger partial charge on any atom is 0.259 e. The Labute approximate surface area is 179 Å². The first-order valence-electron chi connectivity index (χ1n) is 10.5. The third-order valence-corrected chi connectivity index (χ3v) is 6.14. The number of carbonyl (C=O) groups excluding carboxylic acids is 1. The molecule has 2 N–H and O–H groups in total. The smallest absolute Gasteiger partial charge is 0.259 e. The van der Waals surface area contributed by atoms with Gasteiger partial charge >= 0.3 is 0 Å². The summed E-state index contributed by atoms with van der Waals surface area (Å²) in [6, 6.07) is 6.45. The normalized spacial score (nSPS) is 19.0. The summed E-state index contributed by atoms with van der Waals surface area (Å²) in [5.74, 6) is 0.236. The maximum atomic E-state index is 13.1. The van der Waals surface area contributed by atoms with Gasteiger partial charge in [0.25, 0.3) is 5.91 Å². The van der Waals surface area contributed by atoms with Gasteiger partial charge in [-0.3, -0.25) is 9.48 Å². The van der Waals surface area contributed by atoms with Crippen LogP contribution in [0.3, 0.4) is 0 Å². The van der Waals surface area contributed by atoms with E-state index in [2.05, 4.69) is 25.4 Å². The van der Waals surface area contributed by atoms with Crippen LogP contribution in [0.2, 0.25) is 0 Å². The molecule has 9 nitrogen and oxygen atoms in total. The molecule has 0 spiro atoms. The highest BCUT2D eigenvalue weighted by molar-refractivity contribution is 6.09. The molecule has 0 aliphatic heterocycles. The number of benzene rings is 1. The van der Waals surface area contributed by atoms with Crippen LogP contribution in [0.25, 0.3) is 16.4 Å². The van der Waals surface area contributed by atoms with Crippen LogP contribution in [-0.2, 0) is 0 Å². The predicted octanol–water partition coefficient (Wildman–Crippen LogP) is 3.04. The van der Waals surface area contributed by atoms with Crippen molar-refractivity contribution in [2.45, 2.75) is 37.8 Å². The van der Waals surface area contributed by atoms with E-state index in [0.717, 1.165) is 42.1 Å². The third kappa shape index (κ3) is 3.61. The summed E-state index contributed by atoms with van der Waals surface area (Å²) >= 11 is 0. The van der Waals surface area contributed by atoms with Crippen molar-refractivity contribution in [2.75, 3.05) is 19.5 Å². The summed E-state index contributed by atoms with van der Waals surface area (Å²) < 4.78 is 9.18. The molecule has 9 heteroatoms. The minimum absolute atomic E-state index is 0.257. The molecule has 0 atom stereocenters. The lowest BCUT2D eigenvalue weighted by Gasteiger charge is -2.28. The van der Waals surface area contributed by atoms with E-state index >= 15 is 0 Å². The zero-order valence-corrected chi connectivity index (χ0v) is 17.6. The van der Waals surface area contributed by atoms with Crippen LogP contribution in [0, 0.1) is 0 Å². The number of rotatable bonds is 5. The molecule has 5 rings (SSSR count). The highest BCUT2D eigenvalue weighted by Crippen LogP contribution is 2.31. The van der Waals surface area contributed by atoms with Gasteiger partial charge in [0.2, 0.25) is 0 Å². The molecule has 3 aromatic heterocycles. The summed E-state index contributed by atoms with van der Waals surface area (Å²) in [5.41, 5.74) is 2.67. The molecule has 4 aromatic rings. The largest absolute Gasteiger partial charge is 0.496 e. The quantitative estimate of drug-likeness (QED) is 0.516. The van der Waals surface area contributed by atoms with E-state index in [9.17, 15) is 4.79 Å². The van der Waals surface area contributed by atoms with Gasteiger partial charge in [-0.1, -0.05) is 0 Å². The lowest BCUT2D eigenvalue weighted by molar-refractivity contribution is 0.102. The molecule has 1 saturated carbocycles. The Balaban J connectivity index is 1.43. The van der Waals surface area contributed by atoms with Crippen LogP contribution in [0.4, 0.5) is 5.69 Å². The number of hydrogen-bond acceptors (Lipinski definition) is 6. The number of aromatic nitrogens is 5. The number of anilines is 1. The van der Waals surface area contributed by atoms with Crippen molar-refractivity contribution in [3.8, 4) is 5.75 Å². The van der Waals surface area contributed by atoms with E-state index in [-0.39, 0.29) is 5.91 Å². The summed E-state index contributed by atoms with van der Waals surface area (Å²) in [6.07, 6.45) is 11.4. The van der Waals surface area contributed by atoms with Crippen molar-refractivity contribution in [2.24, 2.45) is 0 Å². The fourth-order valence-corrected chi connectivity index (χ4v) is 4.37. The second-order valence-corrected chi connectivity index (χ2v) is 7.94. The SMILES string of the molecule is CNC1CCC(n2cc3cc(C(=O)Nc4cnn5cnccc45)c(OC)cc3n2)CC1. The molecule has 3 heterocycles. The van der Waals surface area contributed by atoms with E-state index in [4.69, 9.17) is 9.84 Å². The van der Waals surface area contributed by atoms with Crippen molar-refractivity contribution >= 4 is 28.0 Å². The Morgan fingerprint density at radius 1 is 1.23 bits per heavy atom. The molecular weight excluding hydrogens is 394 g/mol. The molecule has 0 bridgehead atoms. The van der Waals surface area contributed by atoms with Gasteiger partial charge in [0, 0.05) is 29.9 Å². The Hall–Kier alpha value is -3.46. The van der Waals surface area contributed by atoms with Crippen LogP contribution in [0.5, 0.6) is 5.75 Å². The second kappa shape index (κ2) is 7.99. The number of hydrogen-bond donors (Lipinski definition) is 2. The predicted molar refractivity (Wildman–Crippen MR) is 118 cm³/mol. The summed E-state index contributed by atoms with van der Waals surface area (Å²) in [7, 11) is 3.59. The summed E-state index contributed by atoms with van der Waals surface area (Å²) in [4.78, 5) is 17.1. The van der Waals surface area contributed by atoms with Crippen LogP contribution in [-0.4, -0.2) is 50.5 Å². The standard InChI is InChI=1S/C22H25N7O2/c1-23-15-3-5-16(6-4-15)28-12-14-9-17(21(31-2)10-18(14)27-28)22(30)26-19-11-25-29-13-24-8-7-20(19)29/h7-13,15-16,23H,3-6H2,1-2H3,(H,26,30). The molecule has 1 aliphatic rings. The minimum atomic E-state index is -0.257. The van der Waals surface area contributed by atoms with Gasteiger partial charge < -0.3 is 15.4 Å². The first-order valence-corrected chi connectivity index (χ1v) is 10.5. The Morgan fingerprint density at radius 3 is 2.84 bits per heavy atom. The van der Waals surface area contributed by atoms with Gasteiger partial charge in [-0.25, -0.2) is 9.50 Å². The number of fused-ring (bicyclic) bond motifs is 2. The Kier molecular flexibility index (Phi) is 5.03. The lowest BCUT2D eigenvalue weighted by Crippen LogP contribution is -2.31. The highest BCUT2D eigenvalue weighted by atomic mass is 16.5. The zero-order chi connectivity index (χ0) is 21.4. The molecule has 160 valence electrons. The number of amides is 1. The van der Waals surface area contributed by atoms with E-state index in [0.29, 0.717) is 29.1 Å². The van der Waals surface area contributed by atoms with Crippen LogP contribution in [0.1, 0.15) is 42.1 Å². The summed E-state index contributed by atoms with van der Waals surface area (Å²) in [6.45, 7) is 0. The number of ether oxygens (including phenoxy) is 1. The molecule has 0 radical (unpaired) electrons.